The van der Waals surface area contributed by atoms with Crippen LogP contribution >= 0.6 is 0 Å². The molecular formula is C16H30N2O7. The van der Waals surface area contributed by atoms with Crippen LogP contribution in [0.15, 0.2) is 0 Å². The predicted octanol–water partition coefficient (Wildman–Crippen LogP) is 0.661. The van der Waals surface area contributed by atoms with Gasteiger partial charge in [0.05, 0.1) is 19.4 Å². The van der Waals surface area contributed by atoms with Gasteiger partial charge in [0, 0.05) is 26.2 Å². The molecule has 0 aromatic heterocycles. The third-order valence-electron chi connectivity index (χ3n) is 3.40. The fourth-order valence-corrected chi connectivity index (χ4v) is 2.01. The molecule has 1 N–H and O–H groups in total. The fourth-order valence-electron chi connectivity index (χ4n) is 2.01. The first-order valence-corrected chi connectivity index (χ1v) is 8.57. The van der Waals surface area contributed by atoms with E-state index < -0.39 is 36.4 Å². The van der Waals surface area contributed by atoms with Gasteiger partial charge in [-0.25, -0.2) is 4.79 Å². The lowest BCUT2D eigenvalue weighted by Gasteiger charge is -2.26. The van der Waals surface area contributed by atoms with E-state index in [1.807, 2.05) is 0 Å². The molecule has 0 rings (SSSR count). The number of rotatable bonds is 12. The number of hydrogen-bond acceptors (Lipinski definition) is 9. The van der Waals surface area contributed by atoms with E-state index in [2.05, 4.69) is 0 Å². The first kappa shape index (κ1) is 23.3. The second-order valence-electron chi connectivity index (χ2n) is 5.26. The Labute approximate surface area is 148 Å². The Kier molecular flexibility index (Phi) is 11.0. The molecule has 0 spiro atoms. The van der Waals surface area contributed by atoms with Crippen LogP contribution in [0, 0.1) is 0 Å². The quantitative estimate of drug-likeness (QED) is 0.396. The first-order chi connectivity index (χ1) is 11.8. The lowest BCUT2D eigenvalue weighted by Crippen LogP contribution is -2.46. The maximum atomic E-state index is 12.1. The van der Waals surface area contributed by atoms with Crippen molar-refractivity contribution in [3.05, 3.63) is 0 Å². The third-order valence-corrected chi connectivity index (χ3v) is 3.40. The highest BCUT2D eigenvalue weighted by molar-refractivity contribution is 5.90. The van der Waals surface area contributed by atoms with Crippen molar-refractivity contribution in [3.8, 4) is 0 Å². The van der Waals surface area contributed by atoms with Crippen LogP contribution in [-0.4, -0.2) is 71.5 Å². The molecule has 0 saturated carbocycles. The Hall–Kier alpha value is -1.71. The molecule has 0 aromatic rings. The number of hydrogen-bond donors (Lipinski definition) is 1. The number of hydroxylamine groups is 4. The summed E-state index contributed by atoms with van der Waals surface area (Å²) in [6, 6.07) is 0. The van der Waals surface area contributed by atoms with Crippen molar-refractivity contribution in [2.45, 2.75) is 53.1 Å². The summed E-state index contributed by atoms with van der Waals surface area (Å²) in [5.74, 6) is -2.74. The van der Waals surface area contributed by atoms with Crippen LogP contribution in [0.3, 0.4) is 0 Å². The summed E-state index contributed by atoms with van der Waals surface area (Å²) in [5.41, 5.74) is -2.34. The molecule has 146 valence electrons. The molecule has 0 aliphatic rings. The molecule has 9 nitrogen and oxygen atoms in total. The SMILES string of the molecule is CCOC(=O)C(O)(CC(=O)ON(CC)CC)CC(=O)ON(CC)CC. The number of ether oxygens (including phenoxy) is 1. The van der Waals surface area contributed by atoms with Gasteiger partial charge in [0.25, 0.3) is 0 Å². The largest absolute Gasteiger partial charge is 0.464 e. The van der Waals surface area contributed by atoms with E-state index >= 15 is 0 Å². The van der Waals surface area contributed by atoms with Crippen LogP contribution in [0.4, 0.5) is 0 Å². The van der Waals surface area contributed by atoms with Gasteiger partial charge < -0.3 is 19.5 Å². The zero-order chi connectivity index (χ0) is 19.5. The van der Waals surface area contributed by atoms with E-state index in [1.54, 1.807) is 34.6 Å². The van der Waals surface area contributed by atoms with Gasteiger partial charge in [-0.2, -0.15) is 0 Å². The van der Waals surface area contributed by atoms with Crippen LogP contribution in [0.25, 0.3) is 0 Å². The molecule has 0 aliphatic heterocycles. The highest BCUT2D eigenvalue weighted by atomic mass is 16.7. The van der Waals surface area contributed by atoms with Crippen molar-refractivity contribution in [1.82, 2.24) is 10.1 Å². The summed E-state index contributed by atoms with van der Waals surface area (Å²) in [6.45, 7) is 10.5. The Balaban J connectivity index is 5.08. The fraction of sp³-hybridized carbons (Fsp3) is 0.812. The number of carbonyl (C=O) groups excluding carboxylic acids is 3. The Morgan fingerprint density at radius 2 is 1.16 bits per heavy atom. The minimum absolute atomic E-state index is 0.00265. The number of carbonyl (C=O) groups is 3. The van der Waals surface area contributed by atoms with Crippen LogP contribution in [0.5, 0.6) is 0 Å². The van der Waals surface area contributed by atoms with Gasteiger partial charge in [-0.05, 0) is 34.6 Å². The molecule has 0 radical (unpaired) electrons. The molecule has 9 heteroatoms. The van der Waals surface area contributed by atoms with Crippen LogP contribution in [0.2, 0.25) is 0 Å². The Bertz CT molecular complexity index is 406. The highest BCUT2D eigenvalue weighted by Crippen LogP contribution is 2.20. The summed E-state index contributed by atoms with van der Waals surface area (Å²) < 4.78 is 4.79. The van der Waals surface area contributed by atoms with Gasteiger partial charge in [0.2, 0.25) is 0 Å². The minimum atomic E-state index is -2.34. The van der Waals surface area contributed by atoms with E-state index in [-0.39, 0.29) is 6.61 Å². The summed E-state index contributed by atoms with van der Waals surface area (Å²) in [7, 11) is 0. The molecular weight excluding hydrogens is 332 g/mol. The predicted molar refractivity (Wildman–Crippen MR) is 88.8 cm³/mol. The van der Waals surface area contributed by atoms with Crippen LogP contribution in [-0.2, 0) is 28.8 Å². The molecule has 0 atom stereocenters. The van der Waals surface area contributed by atoms with Crippen molar-refractivity contribution in [2.24, 2.45) is 0 Å². The average molecular weight is 362 g/mol. The smallest absolute Gasteiger partial charge is 0.339 e. The molecule has 0 amide bonds. The summed E-state index contributed by atoms with van der Waals surface area (Å²) in [6.07, 6.45) is -1.43. The lowest BCUT2D eigenvalue weighted by molar-refractivity contribution is -0.205. The summed E-state index contributed by atoms with van der Waals surface area (Å²) >= 11 is 0. The monoisotopic (exact) mass is 362 g/mol. The topological polar surface area (TPSA) is 106 Å². The highest BCUT2D eigenvalue weighted by Gasteiger charge is 2.44. The molecule has 25 heavy (non-hydrogen) atoms. The van der Waals surface area contributed by atoms with Gasteiger partial charge in [0.15, 0.2) is 5.60 Å². The molecule has 0 heterocycles. The Morgan fingerprint density at radius 3 is 1.44 bits per heavy atom. The first-order valence-electron chi connectivity index (χ1n) is 8.57. The van der Waals surface area contributed by atoms with Crippen molar-refractivity contribution in [1.29, 1.82) is 0 Å². The van der Waals surface area contributed by atoms with E-state index in [1.165, 1.54) is 10.1 Å². The second-order valence-corrected chi connectivity index (χ2v) is 5.26. The standard InChI is InChI=1S/C16H30N2O7/c1-6-17(7-2)24-13(19)11-16(22,15(21)23-10-5)12-14(20)25-18(8-3)9-4/h22H,6-12H2,1-5H3. The van der Waals surface area contributed by atoms with Crippen molar-refractivity contribution >= 4 is 17.9 Å². The van der Waals surface area contributed by atoms with Crippen molar-refractivity contribution < 1.29 is 33.9 Å². The van der Waals surface area contributed by atoms with Gasteiger partial charge in [0.1, 0.15) is 0 Å². The average Bonchev–Trinajstić information content (AvgIpc) is 2.57. The molecule has 0 aromatic carbocycles. The normalized spacial score (nSPS) is 11.5. The zero-order valence-corrected chi connectivity index (χ0v) is 15.7. The molecule has 0 unspecified atom stereocenters. The van der Waals surface area contributed by atoms with Gasteiger partial charge in [-0.15, -0.1) is 10.1 Å². The molecule has 0 aliphatic carbocycles. The van der Waals surface area contributed by atoms with Gasteiger partial charge in [-0.3, -0.25) is 9.59 Å². The maximum absolute atomic E-state index is 12.1. The van der Waals surface area contributed by atoms with E-state index in [0.29, 0.717) is 26.2 Å². The third kappa shape index (κ3) is 8.28. The van der Waals surface area contributed by atoms with Crippen molar-refractivity contribution in [3.63, 3.8) is 0 Å². The minimum Gasteiger partial charge on any atom is -0.464 e. The van der Waals surface area contributed by atoms with Crippen LogP contribution in [0.1, 0.15) is 47.5 Å². The van der Waals surface area contributed by atoms with Crippen molar-refractivity contribution in [2.75, 3.05) is 32.8 Å². The van der Waals surface area contributed by atoms with Gasteiger partial charge >= 0.3 is 17.9 Å². The number of esters is 1. The molecule has 0 bridgehead atoms. The van der Waals surface area contributed by atoms with E-state index in [9.17, 15) is 19.5 Å². The second kappa shape index (κ2) is 11.8. The molecule has 0 saturated heterocycles. The lowest BCUT2D eigenvalue weighted by atomic mass is 9.96. The number of aliphatic hydroxyl groups is 1. The maximum Gasteiger partial charge on any atom is 0.339 e. The Morgan fingerprint density at radius 1 is 0.800 bits per heavy atom. The van der Waals surface area contributed by atoms with E-state index in [4.69, 9.17) is 14.4 Å². The number of nitrogens with zero attached hydrogens (tertiary/aromatic N) is 2. The van der Waals surface area contributed by atoms with Gasteiger partial charge in [-0.1, -0.05) is 0 Å². The summed E-state index contributed by atoms with van der Waals surface area (Å²) in [5, 5.41) is 13.3. The zero-order valence-electron chi connectivity index (χ0n) is 15.7. The summed E-state index contributed by atoms with van der Waals surface area (Å²) in [4.78, 5) is 46.2. The van der Waals surface area contributed by atoms with Crippen LogP contribution < -0.4 is 0 Å². The molecule has 0 fully saturated rings. The van der Waals surface area contributed by atoms with E-state index in [0.717, 1.165) is 0 Å².